The van der Waals surface area contributed by atoms with Crippen molar-refractivity contribution in [1.82, 2.24) is 0 Å². The van der Waals surface area contributed by atoms with E-state index in [1.807, 2.05) is 25.1 Å². The number of hydrogen-bond donors (Lipinski definition) is 0. The van der Waals surface area contributed by atoms with Crippen molar-refractivity contribution in [3.8, 4) is 0 Å². The number of hydrogen-bond acceptors (Lipinski definition) is 2. The fourth-order valence-corrected chi connectivity index (χ4v) is 1.75. The molecule has 0 fully saturated rings. The summed E-state index contributed by atoms with van der Waals surface area (Å²) in [6, 6.07) is 5.79. The number of carbonyl (C=O) groups excluding carboxylic acids is 1. The summed E-state index contributed by atoms with van der Waals surface area (Å²) in [5.41, 5.74) is 3.23. The smallest absolute Gasteiger partial charge is 0.150 e. The minimum absolute atomic E-state index is 0.171. The molecule has 0 N–H and O–H groups in total. The highest BCUT2D eigenvalue weighted by Crippen LogP contribution is 2.26. The summed E-state index contributed by atoms with van der Waals surface area (Å²) >= 11 is 0. The van der Waals surface area contributed by atoms with Gasteiger partial charge in [0.25, 0.3) is 0 Å². The molecule has 68 valence electrons. The topological polar surface area (TPSA) is 26.3 Å². The van der Waals surface area contributed by atoms with Gasteiger partial charge in [0, 0.05) is 5.56 Å². The summed E-state index contributed by atoms with van der Waals surface area (Å²) in [5, 5.41) is 0. The Morgan fingerprint density at radius 1 is 1.54 bits per heavy atom. The van der Waals surface area contributed by atoms with E-state index in [1.165, 1.54) is 11.1 Å². The molecule has 0 bridgehead atoms. The molecule has 1 aromatic rings. The summed E-state index contributed by atoms with van der Waals surface area (Å²) in [5.74, 6) is 0. The van der Waals surface area contributed by atoms with E-state index in [2.05, 4.69) is 0 Å². The molecule has 2 heteroatoms. The Bertz CT molecular complexity index is 331. The average Bonchev–Trinajstić information content (AvgIpc) is 2.18. The Morgan fingerprint density at radius 3 is 3.15 bits per heavy atom. The van der Waals surface area contributed by atoms with Gasteiger partial charge >= 0.3 is 0 Å². The highest BCUT2D eigenvalue weighted by Gasteiger charge is 2.16. The van der Waals surface area contributed by atoms with Crippen molar-refractivity contribution in [1.29, 1.82) is 0 Å². The van der Waals surface area contributed by atoms with Gasteiger partial charge in [0.15, 0.2) is 0 Å². The zero-order valence-electron chi connectivity index (χ0n) is 7.62. The molecule has 0 radical (unpaired) electrons. The van der Waals surface area contributed by atoms with Crippen LogP contribution in [0.5, 0.6) is 0 Å². The summed E-state index contributed by atoms with van der Waals surface area (Å²) in [6.07, 6.45) is 1.98. The number of ether oxygens (including phenoxy) is 1. The molecular formula is C11H12O2. The standard InChI is InChI=1S/C11H12O2/c1-8-11-3-2-9(7-12)6-10(11)4-5-13-8/h2-3,6-8H,4-5H2,1H3. The van der Waals surface area contributed by atoms with E-state index in [0.29, 0.717) is 0 Å². The fourth-order valence-electron chi connectivity index (χ4n) is 1.75. The van der Waals surface area contributed by atoms with Crippen molar-refractivity contribution < 1.29 is 9.53 Å². The Morgan fingerprint density at radius 2 is 2.38 bits per heavy atom. The first-order valence-electron chi connectivity index (χ1n) is 4.51. The second-order valence-corrected chi connectivity index (χ2v) is 3.34. The van der Waals surface area contributed by atoms with Gasteiger partial charge in [-0.15, -0.1) is 0 Å². The molecule has 1 unspecified atom stereocenters. The van der Waals surface area contributed by atoms with Gasteiger partial charge in [0.05, 0.1) is 12.7 Å². The number of carbonyl (C=O) groups is 1. The monoisotopic (exact) mass is 176 g/mol. The molecule has 2 nitrogen and oxygen atoms in total. The largest absolute Gasteiger partial charge is 0.373 e. The van der Waals surface area contributed by atoms with Crippen LogP contribution in [0.4, 0.5) is 0 Å². The molecule has 2 rings (SSSR count). The van der Waals surface area contributed by atoms with Crippen LogP contribution in [0.2, 0.25) is 0 Å². The van der Waals surface area contributed by atoms with E-state index in [-0.39, 0.29) is 6.10 Å². The van der Waals surface area contributed by atoms with Gasteiger partial charge in [-0.2, -0.15) is 0 Å². The van der Waals surface area contributed by atoms with Crippen molar-refractivity contribution >= 4 is 6.29 Å². The molecule has 1 aliphatic rings. The van der Waals surface area contributed by atoms with Gasteiger partial charge in [-0.1, -0.05) is 12.1 Å². The quantitative estimate of drug-likeness (QED) is 0.613. The van der Waals surface area contributed by atoms with Gasteiger partial charge in [-0.05, 0) is 30.5 Å². The van der Waals surface area contributed by atoms with E-state index in [9.17, 15) is 4.79 Å². The number of aldehydes is 1. The van der Waals surface area contributed by atoms with Gasteiger partial charge in [-0.25, -0.2) is 0 Å². The maximum Gasteiger partial charge on any atom is 0.150 e. The van der Waals surface area contributed by atoms with Crippen molar-refractivity contribution in [3.63, 3.8) is 0 Å². The maximum atomic E-state index is 10.5. The lowest BCUT2D eigenvalue weighted by Crippen LogP contribution is -2.13. The van der Waals surface area contributed by atoms with Crippen LogP contribution >= 0.6 is 0 Å². The molecule has 1 atom stereocenters. The van der Waals surface area contributed by atoms with Gasteiger partial charge in [0.1, 0.15) is 6.29 Å². The van der Waals surface area contributed by atoms with Crippen LogP contribution in [0.25, 0.3) is 0 Å². The highest BCUT2D eigenvalue weighted by atomic mass is 16.5. The summed E-state index contributed by atoms with van der Waals surface area (Å²) in [4.78, 5) is 10.5. The average molecular weight is 176 g/mol. The van der Waals surface area contributed by atoms with Crippen molar-refractivity contribution in [2.45, 2.75) is 19.4 Å². The molecule has 0 saturated heterocycles. The predicted octanol–water partition coefficient (Wildman–Crippen LogP) is 2.13. The van der Waals surface area contributed by atoms with Crippen LogP contribution in [-0.2, 0) is 11.2 Å². The lowest BCUT2D eigenvalue weighted by molar-refractivity contribution is 0.0555. The third kappa shape index (κ3) is 1.49. The van der Waals surface area contributed by atoms with Crippen molar-refractivity contribution in [3.05, 3.63) is 34.9 Å². The minimum Gasteiger partial charge on any atom is -0.373 e. The zero-order chi connectivity index (χ0) is 9.26. The van der Waals surface area contributed by atoms with Crippen molar-refractivity contribution in [2.24, 2.45) is 0 Å². The first kappa shape index (κ1) is 8.45. The maximum absolute atomic E-state index is 10.5. The normalized spacial score (nSPS) is 20.8. The summed E-state index contributed by atoms with van der Waals surface area (Å²) in [6.45, 7) is 2.80. The molecule has 1 aromatic carbocycles. The van der Waals surface area contributed by atoms with Gasteiger partial charge in [0.2, 0.25) is 0 Å². The number of benzene rings is 1. The molecule has 13 heavy (non-hydrogen) atoms. The van der Waals surface area contributed by atoms with Gasteiger partial charge < -0.3 is 4.74 Å². The zero-order valence-corrected chi connectivity index (χ0v) is 7.62. The first-order valence-corrected chi connectivity index (χ1v) is 4.51. The molecule has 0 saturated carbocycles. The molecule has 1 heterocycles. The number of fused-ring (bicyclic) bond motifs is 1. The molecule has 0 spiro atoms. The van der Waals surface area contributed by atoms with Crippen LogP contribution in [0.1, 0.15) is 34.5 Å². The van der Waals surface area contributed by atoms with E-state index in [1.54, 1.807) is 0 Å². The van der Waals surface area contributed by atoms with Crippen LogP contribution in [0, 0.1) is 0 Å². The van der Waals surface area contributed by atoms with Crippen LogP contribution < -0.4 is 0 Å². The highest BCUT2D eigenvalue weighted by molar-refractivity contribution is 5.75. The van der Waals surface area contributed by atoms with Gasteiger partial charge in [-0.3, -0.25) is 4.79 Å². The molecule has 0 aliphatic carbocycles. The Balaban J connectivity index is 2.45. The Kier molecular flexibility index (Phi) is 2.15. The van der Waals surface area contributed by atoms with Crippen LogP contribution in [0.15, 0.2) is 18.2 Å². The SMILES string of the molecule is CC1OCCc2cc(C=O)ccc21. The molecular weight excluding hydrogens is 164 g/mol. The van der Waals surface area contributed by atoms with Crippen molar-refractivity contribution in [2.75, 3.05) is 6.61 Å². The van der Waals surface area contributed by atoms with E-state index >= 15 is 0 Å². The summed E-state index contributed by atoms with van der Waals surface area (Å²) in [7, 11) is 0. The third-order valence-electron chi connectivity index (χ3n) is 2.48. The molecule has 1 aliphatic heterocycles. The number of rotatable bonds is 1. The second kappa shape index (κ2) is 3.30. The lowest BCUT2D eigenvalue weighted by Gasteiger charge is -2.22. The second-order valence-electron chi connectivity index (χ2n) is 3.34. The van der Waals surface area contributed by atoms with Crippen LogP contribution in [-0.4, -0.2) is 12.9 Å². The molecule has 0 aromatic heterocycles. The fraction of sp³-hybridized carbons (Fsp3) is 0.364. The lowest BCUT2D eigenvalue weighted by atomic mass is 9.96. The minimum atomic E-state index is 0.171. The van der Waals surface area contributed by atoms with E-state index < -0.39 is 0 Å². The molecule has 0 amide bonds. The van der Waals surface area contributed by atoms with E-state index in [4.69, 9.17) is 4.74 Å². The van der Waals surface area contributed by atoms with E-state index in [0.717, 1.165) is 24.9 Å². The van der Waals surface area contributed by atoms with Crippen LogP contribution in [0.3, 0.4) is 0 Å². The predicted molar refractivity (Wildman–Crippen MR) is 49.9 cm³/mol. The first-order chi connectivity index (χ1) is 6.31. The summed E-state index contributed by atoms with van der Waals surface area (Å²) < 4.78 is 5.49. The third-order valence-corrected chi connectivity index (χ3v) is 2.48. The Hall–Kier alpha value is -1.15. The Labute approximate surface area is 77.5 Å².